The standard InChI is InChI=1S/C23H21ClFN3O2/c1-4-18(29)28-9-8-14-13(12(28)3)6-5-7-15(14)19-17(25)10-16(23(26)30)22-20(19)21(24)11(2)27-22/h4-7,10,12,27H,1,8-9H2,2-3H3,(H2,26,30)/t12-/m1/s1. The minimum atomic E-state index is -0.731. The highest BCUT2D eigenvalue weighted by atomic mass is 35.5. The summed E-state index contributed by atoms with van der Waals surface area (Å²) in [5.41, 5.74) is 9.51. The van der Waals surface area contributed by atoms with Crippen molar-refractivity contribution in [1.82, 2.24) is 9.88 Å². The Hall–Kier alpha value is -3.12. The minimum absolute atomic E-state index is 0.0576. The van der Waals surface area contributed by atoms with Crippen LogP contribution in [0.2, 0.25) is 5.02 Å². The largest absolute Gasteiger partial charge is 0.366 e. The number of nitrogens with one attached hydrogen (secondary N) is 1. The summed E-state index contributed by atoms with van der Waals surface area (Å²) in [6.45, 7) is 7.78. The zero-order chi connectivity index (χ0) is 21.7. The number of H-pyrrole nitrogens is 1. The highest BCUT2D eigenvalue weighted by Crippen LogP contribution is 2.43. The molecule has 1 atom stereocenters. The normalized spacial score (nSPS) is 15.9. The van der Waals surface area contributed by atoms with Crippen LogP contribution >= 0.6 is 11.6 Å². The number of primary amides is 1. The number of halogens is 2. The van der Waals surface area contributed by atoms with Crippen LogP contribution in [0.5, 0.6) is 0 Å². The fourth-order valence-corrected chi connectivity index (χ4v) is 4.64. The van der Waals surface area contributed by atoms with E-state index in [9.17, 15) is 9.59 Å². The molecule has 3 aromatic rings. The van der Waals surface area contributed by atoms with Crippen molar-refractivity contribution in [1.29, 1.82) is 0 Å². The molecule has 0 radical (unpaired) electrons. The van der Waals surface area contributed by atoms with E-state index < -0.39 is 11.7 Å². The predicted molar refractivity (Wildman–Crippen MR) is 116 cm³/mol. The zero-order valence-electron chi connectivity index (χ0n) is 16.7. The molecule has 30 heavy (non-hydrogen) atoms. The predicted octanol–water partition coefficient (Wildman–Crippen LogP) is 4.67. The van der Waals surface area contributed by atoms with E-state index in [4.69, 9.17) is 17.3 Å². The SMILES string of the molecule is C=CC(=O)N1CCc2c(-c3c(F)cc(C(N)=O)c4[nH]c(C)c(Cl)c34)cccc2[C@H]1C. The Kier molecular flexibility index (Phi) is 4.90. The van der Waals surface area contributed by atoms with Crippen LogP contribution in [-0.2, 0) is 11.2 Å². The Morgan fingerprint density at radius 1 is 1.40 bits per heavy atom. The molecule has 0 aliphatic carbocycles. The van der Waals surface area contributed by atoms with Gasteiger partial charge in [-0.3, -0.25) is 9.59 Å². The Bertz CT molecular complexity index is 1230. The fraction of sp³-hybridized carbons (Fsp3) is 0.217. The average Bonchev–Trinajstić information content (AvgIpc) is 3.01. The molecule has 1 aliphatic rings. The van der Waals surface area contributed by atoms with E-state index in [-0.39, 0.29) is 17.5 Å². The van der Waals surface area contributed by atoms with Crippen molar-refractivity contribution in [3.05, 3.63) is 70.1 Å². The first-order chi connectivity index (χ1) is 14.3. The number of benzene rings is 2. The third-order valence-corrected chi connectivity index (χ3v) is 6.34. The third kappa shape index (κ3) is 2.91. The van der Waals surface area contributed by atoms with Gasteiger partial charge < -0.3 is 15.6 Å². The maximum Gasteiger partial charge on any atom is 0.250 e. The molecule has 0 unspecified atom stereocenters. The molecule has 2 aromatic carbocycles. The van der Waals surface area contributed by atoms with E-state index in [1.165, 1.54) is 6.08 Å². The molecule has 0 saturated carbocycles. The number of amides is 2. The van der Waals surface area contributed by atoms with Gasteiger partial charge in [-0.25, -0.2) is 4.39 Å². The number of nitrogens with zero attached hydrogens (tertiary/aromatic N) is 1. The number of hydrogen-bond acceptors (Lipinski definition) is 2. The van der Waals surface area contributed by atoms with Gasteiger partial charge in [0.05, 0.1) is 22.1 Å². The van der Waals surface area contributed by atoms with Gasteiger partial charge in [0.2, 0.25) is 5.91 Å². The highest BCUT2D eigenvalue weighted by Gasteiger charge is 2.30. The number of aryl methyl sites for hydroxylation is 1. The molecule has 1 aromatic heterocycles. The number of nitrogens with two attached hydrogens (primary N) is 1. The third-order valence-electron chi connectivity index (χ3n) is 5.87. The summed E-state index contributed by atoms with van der Waals surface area (Å²) in [6.07, 6.45) is 1.87. The summed E-state index contributed by atoms with van der Waals surface area (Å²) in [7, 11) is 0. The van der Waals surface area contributed by atoms with E-state index in [0.717, 1.165) is 17.2 Å². The van der Waals surface area contributed by atoms with Crippen molar-refractivity contribution >= 4 is 34.3 Å². The Morgan fingerprint density at radius 3 is 2.80 bits per heavy atom. The molecule has 154 valence electrons. The summed E-state index contributed by atoms with van der Waals surface area (Å²) in [4.78, 5) is 28.9. The van der Waals surface area contributed by atoms with Crippen LogP contribution in [0.4, 0.5) is 4.39 Å². The lowest BCUT2D eigenvalue weighted by atomic mass is 9.85. The van der Waals surface area contributed by atoms with E-state index >= 15 is 4.39 Å². The molecule has 0 fully saturated rings. The van der Waals surface area contributed by atoms with Crippen LogP contribution < -0.4 is 5.73 Å². The quantitative estimate of drug-likeness (QED) is 0.598. The summed E-state index contributed by atoms with van der Waals surface area (Å²) in [6, 6.07) is 6.62. The second-order valence-corrected chi connectivity index (χ2v) is 7.87. The van der Waals surface area contributed by atoms with E-state index in [1.54, 1.807) is 11.8 Å². The molecule has 7 heteroatoms. The highest BCUT2D eigenvalue weighted by molar-refractivity contribution is 6.38. The molecule has 1 aliphatic heterocycles. The van der Waals surface area contributed by atoms with Crippen molar-refractivity contribution < 1.29 is 14.0 Å². The van der Waals surface area contributed by atoms with Gasteiger partial charge in [-0.1, -0.05) is 36.4 Å². The number of aromatic amines is 1. The average molecular weight is 426 g/mol. The van der Waals surface area contributed by atoms with E-state index in [0.29, 0.717) is 45.7 Å². The Morgan fingerprint density at radius 2 is 2.13 bits per heavy atom. The monoisotopic (exact) mass is 425 g/mol. The second kappa shape index (κ2) is 7.29. The van der Waals surface area contributed by atoms with E-state index in [2.05, 4.69) is 11.6 Å². The van der Waals surface area contributed by atoms with Crippen molar-refractivity contribution in [2.75, 3.05) is 6.54 Å². The first-order valence-electron chi connectivity index (χ1n) is 9.61. The molecule has 0 spiro atoms. The van der Waals surface area contributed by atoms with Crippen LogP contribution in [0.1, 0.15) is 40.1 Å². The first-order valence-corrected chi connectivity index (χ1v) is 9.99. The number of fused-ring (bicyclic) bond motifs is 2. The van der Waals surface area contributed by atoms with Gasteiger partial charge in [0.1, 0.15) is 5.82 Å². The van der Waals surface area contributed by atoms with Crippen molar-refractivity contribution in [3.63, 3.8) is 0 Å². The molecule has 0 saturated heterocycles. The van der Waals surface area contributed by atoms with Gasteiger partial charge >= 0.3 is 0 Å². The summed E-state index contributed by atoms with van der Waals surface area (Å²) >= 11 is 6.53. The number of hydrogen-bond donors (Lipinski definition) is 2. The fourth-order valence-electron chi connectivity index (χ4n) is 4.41. The molecular weight excluding hydrogens is 405 g/mol. The Balaban J connectivity index is 2.00. The number of carbonyl (C=O) groups excluding carboxylic acids is 2. The molecule has 2 heterocycles. The van der Waals surface area contributed by atoms with Gasteiger partial charge in [0.15, 0.2) is 0 Å². The molecule has 2 amide bonds. The van der Waals surface area contributed by atoms with Crippen molar-refractivity contribution in [2.24, 2.45) is 5.73 Å². The molecule has 5 nitrogen and oxygen atoms in total. The maximum atomic E-state index is 15.4. The lowest BCUT2D eigenvalue weighted by molar-refractivity contribution is -0.128. The summed E-state index contributed by atoms with van der Waals surface area (Å²) < 4.78 is 15.4. The van der Waals surface area contributed by atoms with Gasteiger partial charge in [-0.05, 0) is 49.1 Å². The topological polar surface area (TPSA) is 79.2 Å². The van der Waals surface area contributed by atoms with Crippen molar-refractivity contribution in [2.45, 2.75) is 26.3 Å². The van der Waals surface area contributed by atoms with Crippen LogP contribution in [0.15, 0.2) is 36.9 Å². The lowest BCUT2D eigenvalue weighted by Gasteiger charge is -2.35. The maximum absolute atomic E-state index is 15.4. The first kappa shape index (κ1) is 20.2. The second-order valence-electron chi connectivity index (χ2n) is 7.49. The van der Waals surface area contributed by atoms with Gasteiger partial charge in [-0.2, -0.15) is 0 Å². The van der Waals surface area contributed by atoms with Gasteiger partial charge in [0, 0.05) is 23.2 Å². The minimum Gasteiger partial charge on any atom is -0.366 e. The molecule has 0 bridgehead atoms. The Labute approximate surface area is 178 Å². The van der Waals surface area contributed by atoms with Gasteiger partial charge in [-0.15, -0.1) is 0 Å². The van der Waals surface area contributed by atoms with Crippen LogP contribution in [-0.4, -0.2) is 28.2 Å². The lowest BCUT2D eigenvalue weighted by Crippen LogP contribution is -2.38. The van der Waals surface area contributed by atoms with Crippen LogP contribution in [0.25, 0.3) is 22.0 Å². The molecule has 4 rings (SSSR count). The van der Waals surface area contributed by atoms with Gasteiger partial charge in [0.25, 0.3) is 5.91 Å². The van der Waals surface area contributed by atoms with Crippen molar-refractivity contribution in [3.8, 4) is 11.1 Å². The number of carbonyl (C=O) groups is 2. The molecule has 3 N–H and O–H groups in total. The number of rotatable bonds is 3. The smallest absolute Gasteiger partial charge is 0.250 e. The molecular formula is C23H21ClFN3O2. The summed E-state index contributed by atoms with van der Waals surface area (Å²) in [5.74, 6) is -1.43. The zero-order valence-corrected chi connectivity index (χ0v) is 17.4. The van der Waals surface area contributed by atoms with Crippen LogP contribution in [0, 0.1) is 12.7 Å². The van der Waals surface area contributed by atoms with Crippen LogP contribution in [0.3, 0.4) is 0 Å². The number of aromatic nitrogens is 1. The summed E-state index contributed by atoms with van der Waals surface area (Å²) in [5, 5.41) is 0.792. The van der Waals surface area contributed by atoms with E-state index in [1.807, 2.05) is 25.1 Å².